The minimum absolute atomic E-state index is 0.138. The molecule has 0 aromatic heterocycles. The maximum Gasteiger partial charge on any atom is 0.146 e. The van der Waals surface area contributed by atoms with E-state index in [1.165, 1.54) is 0 Å². The molecule has 0 amide bonds. The van der Waals surface area contributed by atoms with Crippen molar-refractivity contribution in [2.24, 2.45) is 0 Å². The molecule has 0 saturated carbocycles. The zero-order valence-corrected chi connectivity index (χ0v) is 12.7. The molecule has 1 aromatic carbocycles. The van der Waals surface area contributed by atoms with E-state index in [1.807, 2.05) is 6.07 Å². The van der Waals surface area contributed by atoms with Gasteiger partial charge in [-0.2, -0.15) is 0 Å². The lowest BCUT2D eigenvalue weighted by atomic mass is 9.93. The molecule has 0 radical (unpaired) electrons. The van der Waals surface area contributed by atoms with Gasteiger partial charge in [0.1, 0.15) is 5.82 Å². The van der Waals surface area contributed by atoms with Gasteiger partial charge in [-0.25, -0.2) is 4.39 Å². The first-order valence-electron chi connectivity index (χ1n) is 7.38. The number of nitrogens with zero attached hydrogens (tertiary/aromatic N) is 1. The van der Waals surface area contributed by atoms with E-state index in [1.54, 1.807) is 19.2 Å². The Kier molecular flexibility index (Phi) is 5.00. The number of benzene rings is 1. The van der Waals surface area contributed by atoms with Crippen molar-refractivity contribution in [1.29, 1.82) is 0 Å². The van der Waals surface area contributed by atoms with Gasteiger partial charge in [-0.15, -0.1) is 0 Å². The number of para-hydroxylation sites is 1. The summed E-state index contributed by atoms with van der Waals surface area (Å²) in [4.78, 5) is 2.13. The van der Waals surface area contributed by atoms with Crippen LogP contribution in [-0.4, -0.2) is 32.3 Å². The van der Waals surface area contributed by atoms with Crippen molar-refractivity contribution in [2.75, 3.05) is 31.6 Å². The number of anilines is 1. The Morgan fingerprint density at radius 1 is 1.45 bits per heavy atom. The number of halogens is 1. The van der Waals surface area contributed by atoms with E-state index in [0.29, 0.717) is 6.54 Å². The Labute approximate surface area is 121 Å². The van der Waals surface area contributed by atoms with Gasteiger partial charge >= 0.3 is 0 Å². The molecule has 1 unspecified atom stereocenters. The Balaban J connectivity index is 2.26. The van der Waals surface area contributed by atoms with Gasteiger partial charge in [-0.05, 0) is 37.9 Å². The highest BCUT2D eigenvalue weighted by molar-refractivity contribution is 5.55. The van der Waals surface area contributed by atoms with Crippen molar-refractivity contribution in [3.8, 4) is 0 Å². The lowest BCUT2D eigenvalue weighted by Crippen LogP contribution is -2.48. The molecule has 0 aliphatic carbocycles. The number of ether oxygens (including phenoxy) is 1. The molecule has 1 atom stereocenters. The van der Waals surface area contributed by atoms with Gasteiger partial charge < -0.3 is 15.0 Å². The monoisotopic (exact) mass is 280 g/mol. The van der Waals surface area contributed by atoms with Crippen LogP contribution in [0.25, 0.3) is 0 Å². The molecule has 0 spiro atoms. The lowest BCUT2D eigenvalue weighted by Gasteiger charge is -2.41. The third-order valence-corrected chi connectivity index (χ3v) is 4.10. The van der Waals surface area contributed by atoms with E-state index in [9.17, 15) is 4.39 Å². The van der Waals surface area contributed by atoms with Crippen LogP contribution in [0.15, 0.2) is 18.2 Å². The molecular formula is C16H25FN2O. The molecule has 1 N–H and O–H groups in total. The van der Waals surface area contributed by atoms with Crippen molar-refractivity contribution in [2.45, 2.75) is 38.8 Å². The summed E-state index contributed by atoms with van der Waals surface area (Å²) >= 11 is 0. The second kappa shape index (κ2) is 6.55. The number of piperidine rings is 1. The van der Waals surface area contributed by atoms with Gasteiger partial charge in [0.2, 0.25) is 0 Å². The SMILES string of the molecule is CCNCc1cccc(F)c1N1CCCC(C)(OC)C1. The zero-order chi connectivity index (χ0) is 14.6. The Bertz CT molecular complexity index is 452. The van der Waals surface area contributed by atoms with Gasteiger partial charge in [0.15, 0.2) is 0 Å². The minimum Gasteiger partial charge on any atom is -0.377 e. The summed E-state index contributed by atoms with van der Waals surface area (Å²) in [6.07, 6.45) is 2.05. The van der Waals surface area contributed by atoms with Crippen LogP contribution in [-0.2, 0) is 11.3 Å². The first-order chi connectivity index (χ1) is 9.59. The van der Waals surface area contributed by atoms with Gasteiger partial charge in [0.05, 0.1) is 11.3 Å². The van der Waals surface area contributed by atoms with Crippen LogP contribution in [0.2, 0.25) is 0 Å². The number of nitrogens with one attached hydrogen (secondary N) is 1. The summed E-state index contributed by atoms with van der Waals surface area (Å²) in [6.45, 7) is 7.37. The van der Waals surface area contributed by atoms with Gasteiger partial charge in [0, 0.05) is 26.7 Å². The first-order valence-corrected chi connectivity index (χ1v) is 7.38. The predicted octanol–water partition coefficient (Wildman–Crippen LogP) is 2.94. The van der Waals surface area contributed by atoms with Gasteiger partial charge in [-0.3, -0.25) is 0 Å². The van der Waals surface area contributed by atoms with Crippen LogP contribution >= 0.6 is 0 Å². The highest BCUT2D eigenvalue weighted by atomic mass is 19.1. The normalized spacial score (nSPS) is 23.1. The summed E-state index contributed by atoms with van der Waals surface area (Å²) in [5.74, 6) is -0.138. The first kappa shape index (κ1) is 15.3. The van der Waals surface area contributed by atoms with Gasteiger partial charge in [-0.1, -0.05) is 19.1 Å². The third-order valence-electron chi connectivity index (χ3n) is 4.10. The summed E-state index contributed by atoms with van der Waals surface area (Å²) in [5, 5.41) is 3.28. The van der Waals surface area contributed by atoms with Crippen LogP contribution < -0.4 is 10.2 Å². The standard InChI is InChI=1S/C16H25FN2O/c1-4-18-11-13-7-5-8-14(17)15(13)19-10-6-9-16(2,12-19)20-3/h5,7-8,18H,4,6,9-12H2,1-3H3. The van der Waals surface area contributed by atoms with Crippen LogP contribution in [0, 0.1) is 5.82 Å². The number of hydrogen-bond acceptors (Lipinski definition) is 3. The van der Waals surface area contributed by atoms with Crippen molar-refractivity contribution in [3.63, 3.8) is 0 Å². The van der Waals surface area contributed by atoms with Crippen molar-refractivity contribution in [3.05, 3.63) is 29.6 Å². The third kappa shape index (κ3) is 3.30. The molecule has 4 heteroatoms. The van der Waals surface area contributed by atoms with E-state index in [0.717, 1.165) is 43.7 Å². The molecule has 1 fully saturated rings. The molecule has 1 aliphatic heterocycles. The summed E-state index contributed by atoms with van der Waals surface area (Å²) in [5.41, 5.74) is 1.57. The summed E-state index contributed by atoms with van der Waals surface area (Å²) in [7, 11) is 1.74. The molecular weight excluding hydrogens is 255 g/mol. The molecule has 20 heavy (non-hydrogen) atoms. The average Bonchev–Trinajstić information content (AvgIpc) is 2.45. The average molecular weight is 280 g/mol. The maximum absolute atomic E-state index is 14.3. The molecule has 1 heterocycles. The van der Waals surface area contributed by atoms with Crippen LogP contribution in [0.4, 0.5) is 10.1 Å². The van der Waals surface area contributed by atoms with Crippen LogP contribution in [0.3, 0.4) is 0 Å². The largest absolute Gasteiger partial charge is 0.377 e. The highest BCUT2D eigenvalue weighted by Gasteiger charge is 2.32. The van der Waals surface area contributed by atoms with E-state index in [4.69, 9.17) is 4.74 Å². The molecule has 1 saturated heterocycles. The second-order valence-corrected chi connectivity index (χ2v) is 5.71. The number of rotatable bonds is 5. The lowest BCUT2D eigenvalue weighted by molar-refractivity contribution is -0.00480. The van der Waals surface area contributed by atoms with E-state index in [2.05, 4.69) is 24.1 Å². The predicted molar refractivity (Wildman–Crippen MR) is 80.6 cm³/mol. The van der Waals surface area contributed by atoms with Gasteiger partial charge in [0.25, 0.3) is 0 Å². The molecule has 0 bridgehead atoms. The molecule has 1 aliphatic rings. The number of methoxy groups -OCH3 is 1. The van der Waals surface area contributed by atoms with Crippen molar-refractivity contribution in [1.82, 2.24) is 5.32 Å². The second-order valence-electron chi connectivity index (χ2n) is 5.71. The Morgan fingerprint density at radius 2 is 2.25 bits per heavy atom. The molecule has 112 valence electrons. The molecule has 1 aromatic rings. The maximum atomic E-state index is 14.3. The van der Waals surface area contributed by atoms with Crippen LogP contribution in [0.1, 0.15) is 32.3 Å². The molecule has 2 rings (SSSR count). The smallest absolute Gasteiger partial charge is 0.146 e. The quantitative estimate of drug-likeness (QED) is 0.897. The van der Waals surface area contributed by atoms with E-state index in [-0.39, 0.29) is 11.4 Å². The fraction of sp³-hybridized carbons (Fsp3) is 0.625. The van der Waals surface area contributed by atoms with Crippen molar-refractivity contribution >= 4 is 5.69 Å². The Hall–Kier alpha value is -1.13. The highest BCUT2D eigenvalue weighted by Crippen LogP contribution is 2.32. The summed E-state index contributed by atoms with van der Waals surface area (Å²) < 4.78 is 19.9. The van der Waals surface area contributed by atoms with Crippen molar-refractivity contribution < 1.29 is 9.13 Å². The molecule has 3 nitrogen and oxygen atoms in total. The minimum atomic E-state index is -0.185. The van der Waals surface area contributed by atoms with E-state index >= 15 is 0 Å². The number of hydrogen-bond donors (Lipinski definition) is 1. The van der Waals surface area contributed by atoms with E-state index < -0.39 is 0 Å². The fourth-order valence-corrected chi connectivity index (χ4v) is 2.88. The fourth-order valence-electron chi connectivity index (χ4n) is 2.88. The Morgan fingerprint density at radius 3 is 2.95 bits per heavy atom. The van der Waals surface area contributed by atoms with Crippen LogP contribution in [0.5, 0.6) is 0 Å². The zero-order valence-electron chi connectivity index (χ0n) is 12.7. The summed E-state index contributed by atoms with van der Waals surface area (Å²) in [6, 6.07) is 5.33. The topological polar surface area (TPSA) is 24.5 Å².